The van der Waals surface area contributed by atoms with Gasteiger partial charge in [0.15, 0.2) is 5.96 Å². The Labute approximate surface area is 153 Å². The Morgan fingerprint density at radius 3 is 2.56 bits per heavy atom. The van der Waals surface area contributed by atoms with Gasteiger partial charge in [0.2, 0.25) is 0 Å². The van der Waals surface area contributed by atoms with Crippen LogP contribution in [0.1, 0.15) is 16.7 Å². The summed E-state index contributed by atoms with van der Waals surface area (Å²) in [5, 5.41) is 13.5. The lowest BCUT2D eigenvalue weighted by Gasteiger charge is -2.37. The predicted molar refractivity (Wildman–Crippen MR) is 106 cm³/mol. The lowest BCUT2D eigenvalue weighted by Crippen LogP contribution is -2.52. The quantitative estimate of drug-likeness (QED) is 0.652. The van der Waals surface area contributed by atoms with Crippen molar-refractivity contribution in [1.82, 2.24) is 10.2 Å². The molecule has 5 nitrogen and oxygen atoms in total. The van der Waals surface area contributed by atoms with Crippen molar-refractivity contribution in [2.24, 2.45) is 4.99 Å². The first-order valence-electron chi connectivity index (χ1n) is 8.79. The molecule has 1 aromatic heterocycles. The first-order chi connectivity index (χ1) is 12.2. The van der Waals surface area contributed by atoms with Crippen molar-refractivity contribution in [1.29, 1.82) is 0 Å². The van der Waals surface area contributed by atoms with Gasteiger partial charge in [-0.15, -0.1) is 11.3 Å². The van der Waals surface area contributed by atoms with Gasteiger partial charge >= 0.3 is 0 Å². The zero-order valence-corrected chi connectivity index (χ0v) is 15.7. The smallest absolute Gasteiger partial charge is 0.194 e. The number of benzene rings is 1. The van der Waals surface area contributed by atoms with E-state index in [1.807, 2.05) is 18.2 Å². The van der Waals surface area contributed by atoms with Crippen molar-refractivity contribution in [3.63, 3.8) is 0 Å². The molecule has 0 amide bonds. The Morgan fingerprint density at radius 1 is 1.16 bits per heavy atom. The average molecular weight is 359 g/mol. The molecular formula is C19H26N4OS. The van der Waals surface area contributed by atoms with Crippen LogP contribution in [0.15, 0.2) is 41.4 Å². The number of phenolic OH excluding ortho intramolecular Hbond substituents is 1. The van der Waals surface area contributed by atoms with Gasteiger partial charge in [-0.05, 0) is 38.1 Å². The van der Waals surface area contributed by atoms with Crippen LogP contribution in [0.3, 0.4) is 0 Å². The van der Waals surface area contributed by atoms with Crippen LogP contribution in [0.25, 0.3) is 0 Å². The minimum Gasteiger partial charge on any atom is -0.506 e. The van der Waals surface area contributed by atoms with Crippen molar-refractivity contribution >= 4 is 23.0 Å². The topological polar surface area (TPSA) is 51.1 Å². The highest BCUT2D eigenvalue weighted by molar-refractivity contribution is 7.11. The van der Waals surface area contributed by atoms with Crippen LogP contribution in [-0.4, -0.2) is 48.7 Å². The number of aliphatic imine (C=N–C) groups is 1. The van der Waals surface area contributed by atoms with Crippen molar-refractivity contribution in [2.75, 3.05) is 37.6 Å². The highest BCUT2D eigenvalue weighted by Crippen LogP contribution is 2.27. The number of hydrogen-bond acceptors (Lipinski definition) is 4. The van der Waals surface area contributed by atoms with Gasteiger partial charge in [-0.3, -0.25) is 0 Å². The second-order valence-electron chi connectivity index (χ2n) is 6.15. The molecule has 1 aromatic carbocycles. The molecule has 134 valence electrons. The van der Waals surface area contributed by atoms with Crippen molar-refractivity contribution in [3.8, 4) is 5.75 Å². The van der Waals surface area contributed by atoms with Crippen LogP contribution < -0.4 is 10.2 Å². The fourth-order valence-electron chi connectivity index (χ4n) is 3.04. The van der Waals surface area contributed by atoms with E-state index in [1.54, 1.807) is 17.4 Å². The number of rotatable bonds is 4. The van der Waals surface area contributed by atoms with Gasteiger partial charge in [0.05, 0.1) is 12.2 Å². The molecule has 0 atom stereocenters. The molecular weight excluding hydrogens is 332 g/mol. The number of para-hydroxylation sites is 2. The van der Waals surface area contributed by atoms with Crippen LogP contribution in [-0.2, 0) is 6.54 Å². The Hall–Kier alpha value is -2.21. The van der Waals surface area contributed by atoms with Crippen LogP contribution >= 0.6 is 11.3 Å². The van der Waals surface area contributed by atoms with Crippen molar-refractivity contribution in [2.45, 2.75) is 20.4 Å². The molecule has 25 heavy (non-hydrogen) atoms. The fraction of sp³-hybridized carbons (Fsp3) is 0.421. The second kappa shape index (κ2) is 8.25. The zero-order valence-electron chi connectivity index (χ0n) is 14.9. The lowest BCUT2D eigenvalue weighted by molar-refractivity contribution is 0.370. The van der Waals surface area contributed by atoms with E-state index in [9.17, 15) is 5.11 Å². The fourth-order valence-corrected chi connectivity index (χ4v) is 3.85. The Kier molecular flexibility index (Phi) is 5.81. The summed E-state index contributed by atoms with van der Waals surface area (Å²) >= 11 is 1.80. The summed E-state index contributed by atoms with van der Waals surface area (Å²) in [6, 6.07) is 11.9. The molecule has 1 aliphatic heterocycles. The highest BCUT2D eigenvalue weighted by Gasteiger charge is 2.21. The largest absolute Gasteiger partial charge is 0.506 e. The number of aromatic hydroxyl groups is 1. The normalized spacial score (nSPS) is 15.5. The SMILES string of the molecule is CCNC(=NCc1ccc(C)s1)N1CCN(c2ccccc2O)CC1. The molecule has 0 unspecified atom stereocenters. The molecule has 2 aromatic rings. The van der Waals surface area contributed by atoms with E-state index < -0.39 is 0 Å². The molecule has 6 heteroatoms. The number of phenols is 1. The molecule has 0 spiro atoms. The third kappa shape index (κ3) is 4.45. The Balaban J connectivity index is 1.63. The Bertz CT molecular complexity index is 720. The van der Waals surface area contributed by atoms with E-state index in [1.165, 1.54) is 9.75 Å². The van der Waals surface area contributed by atoms with Gasteiger partial charge in [0.25, 0.3) is 0 Å². The minimum atomic E-state index is 0.351. The molecule has 0 bridgehead atoms. The van der Waals surface area contributed by atoms with Gasteiger partial charge < -0.3 is 20.2 Å². The standard InChI is InChI=1S/C19H26N4OS/c1-3-20-19(21-14-16-9-8-15(2)25-16)23-12-10-22(11-13-23)17-6-4-5-7-18(17)24/h4-9,24H,3,10-14H2,1-2H3,(H,20,21). The number of hydrogen-bond donors (Lipinski definition) is 2. The van der Waals surface area contributed by atoms with E-state index in [4.69, 9.17) is 4.99 Å². The number of thiophene rings is 1. The second-order valence-corrected chi connectivity index (χ2v) is 7.52. The van der Waals surface area contributed by atoms with Crippen LogP contribution in [0.4, 0.5) is 5.69 Å². The summed E-state index contributed by atoms with van der Waals surface area (Å²) < 4.78 is 0. The molecule has 3 rings (SSSR count). The van der Waals surface area contributed by atoms with E-state index in [0.29, 0.717) is 5.75 Å². The van der Waals surface area contributed by atoms with Gasteiger partial charge in [-0.25, -0.2) is 4.99 Å². The number of aryl methyl sites for hydroxylation is 1. The highest BCUT2D eigenvalue weighted by atomic mass is 32.1. The number of guanidine groups is 1. The molecule has 1 aliphatic rings. The van der Waals surface area contributed by atoms with Crippen molar-refractivity contribution in [3.05, 3.63) is 46.2 Å². The van der Waals surface area contributed by atoms with Crippen LogP contribution in [0.5, 0.6) is 5.75 Å². The summed E-state index contributed by atoms with van der Waals surface area (Å²) in [5.74, 6) is 1.33. The van der Waals surface area contributed by atoms with E-state index in [0.717, 1.165) is 50.9 Å². The molecule has 0 radical (unpaired) electrons. The monoisotopic (exact) mass is 358 g/mol. The minimum absolute atomic E-state index is 0.351. The molecule has 1 fully saturated rings. The third-order valence-corrected chi connectivity index (χ3v) is 5.30. The number of nitrogens with one attached hydrogen (secondary N) is 1. The molecule has 2 N–H and O–H groups in total. The molecule has 2 heterocycles. The van der Waals surface area contributed by atoms with Crippen LogP contribution in [0.2, 0.25) is 0 Å². The maximum absolute atomic E-state index is 10.0. The third-order valence-electron chi connectivity index (χ3n) is 4.32. The maximum Gasteiger partial charge on any atom is 0.194 e. The van der Waals surface area contributed by atoms with Gasteiger partial charge in [-0.1, -0.05) is 12.1 Å². The summed E-state index contributed by atoms with van der Waals surface area (Å²) in [5.41, 5.74) is 0.915. The Morgan fingerprint density at radius 2 is 1.92 bits per heavy atom. The average Bonchev–Trinajstić information content (AvgIpc) is 3.05. The first-order valence-corrected chi connectivity index (χ1v) is 9.60. The summed E-state index contributed by atoms with van der Waals surface area (Å²) in [4.78, 5) is 12.0. The number of piperazine rings is 1. The first kappa shape index (κ1) is 17.6. The lowest BCUT2D eigenvalue weighted by atomic mass is 10.2. The maximum atomic E-state index is 10.0. The van der Waals surface area contributed by atoms with Gasteiger partial charge in [0.1, 0.15) is 5.75 Å². The number of nitrogens with zero attached hydrogens (tertiary/aromatic N) is 3. The summed E-state index contributed by atoms with van der Waals surface area (Å²) in [6.45, 7) is 9.35. The number of anilines is 1. The van der Waals surface area contributed by atoms with E-state index in [-0.39, 0.29) is 0 Å². The predicted octanol–water partition coefficient (Wildman–Crippen LogP) is 3.05. The van der Waals surface area contributed by atoms with E-state index >= 15 is 0 Å². The zero-order chi connectivity index (χ0) is 17.6. The van der Waals surface area contributed by atoms with Gasteiger partial charge in [-0.2, -0.15) is 0 Å². The molecule has 0 saturated carbocycles. The summed E-state index contributed by atoms with van der Waals surface area (Å²) in [6.07, 6.45) is 0. The van der Waals surface area contributed by atoms with Crippen molar-refractivity contribution < 1.29 is 5.11 Å². The summed E-state index contributed by atoms with van der Waals surface area (Å²) in [7, 11) is 0. The van der Waals surface area contributed by atoms with Gasteiger partial charge in [0, 0.05) is 42.5 Å². The van der Waals surface area contributed by atoms with E-state index in [2.05, 4.69) is 41.1 Å². The van der Waals surface area contributed by atoms with Crippen LogP contribution in [0, 0.1) is 6.92 Å². The molecule has 1 saturated heterocycles. The molecule has 0 aliphatic carbocycles.